The summed E-state index contributed by atoms with van der Waals surface area (Å²) < 4.78 is 22.2. The predicted molar refractivity (Wildman–Crippen MR) is 111 cm³/mol. The van der Waals surface area contributed by atoms with Crippen LogP contribution in [0.2, 0.25) is 0 Å². The lowest BCUT2D eigenvalue weighted by Crippen LogP contribution is -2.55. The first-order valence-corrected chi connectivity index (χ1v) is 12.7. The number of nitrogens with zero attached hydrogens (tertiary/aromatic N) is 2. The Labute approximate surface area is 180 Å². The van der Waals surface area contributed by atoms with E-state index in [-0.39, 0.29) is 0 Å². The van der Waals surface area contributed by atoms with Crippen LogP contribution in [0.5, 0.6) is 0 Å². The molecule has 4 saturated heterocycles. The molecule has 168 valence electrons. The third-order valence-electron chi connectivity index (χ3n) is 9.24. The van der Waals surface area contributed by atoms with Gasteiger partial charge in [-0.15, -0.1) is 0 Å². The second kappa shape index (κ2) is 7.67. The molecule has 30 heavy (non-hydrogen) atoms. The SMILES string of the molecule is C1OC1CN(CC1CO1)CC1C2CC3CC1CC(C2)C3CN(CC1CO1)CC1CO1. The van der Waals surface area contributed by atoms with Gasteiger partial charge in [-0.2, -0.15) is 0 Å². The van der Waals surface area contributed by atoms with Crippen molar-refractivity contribution < 1.29 is 18.9 Å². The van der Waals surface area contributed by atoms with E-state index in [2.05, 4.69) is 9.80 Å². The van der Waals surface area contributed by atoms with E-state index < -0.39 is 0 Å². The summed E-state index contributed by atoms with van der Waals surface area (Å²) in [5, 5.41) is 0. The lowest BCUT2D eigenvalue weighted by molar-refractivity contribution is -0.0968. The zero-order valence-electron chi connectivity index (χ0n) is 18.2. The van der Waals surface area contributed by atoms with Crippen molar-refractivity contribution >= 4 is 0 Å². The van der Waals surface area contributed by atoms with E-state index in [1.54, 1.807) is 0 Å². The Morgan fingerprint density at radius 2 is 0.700 bits per heavy atom. The highest BCUT2D eigenvalue weighted by atomic mass is 16.6. The molecule has 4 aliphatic heterocycles. The molecule has 0 N–H and O–H groups in total. The maximum absolute atomic E-state index is 5.56. The topological polar surface area (TPSA) is 56.6 Å². The van der Waals surface area contributed by atoms with E-state index in [1.807, 2.05) is 0 Å². The number of rotatable bonds is 12. The standard InChI is InChI=1S/C24H38N2O4/c1-15-2-17-4-18(23(15)9-25(5-19-11-27-19)6-20-12-28-20)3-16(1)24(17)10-26(7-21-13-29-21)8-22-14-30-22/h15-24H,1-14H2. The molecule has 0 aromatic heterocycles. The molecule has 4 heterocycles. The first-order valence-electron chi connectivity index (χ1n) is 12.7. The maximum Gasteiger partial charge on any atom is 0.0936 e. The fraction of sp³-hybridized carbons (Fsp3) is 1.00. The molecule has 4 saturated carbocycles. The average Bonchev–Trinajstić information content (AvgIpc) is 3.54. The quantitative estimate of drug-likeness (QED) is 0.448. The van der Waals surface area contributed by atoms with Crippen LogP contribution in [0.1, 0.15) is 25.7 Å². The molecule has 4 unspecified atom stereocenters. The third kappa shape index (κ3) is 4.33. The smallest absolute Gasteiger partial charge is 0.0936 e. The monoisotopic (exact) mass is 418 g/mol. The lowest BCUT2D eigenvalue weighted by Gasteiger charge is -2.59. The van der Waals surface area contributed by atoms with Crippen LogP contribution >= 0.6 is 0 Å². The van der Waals surface area contributed by atoms with Crippen molar-refractivity contribution in [1.82, 2.24) is 9.80 Å². The maximum atomic E-state index is 5.56. The largest absolute Gasteiger partial charge is 0.372 e. The molecule has 0 aromatic rings. The van der Waals surface area contributed by atoms with E-state index in [1.165, 1.54) is 38.8 Å². The minimum absolute atomic E-state index is 0.502. The van der Waals surface area contributed by atoms with E-state index in [9.17, 15) is 0 Å². The predicted octanol–water partition coefficient (Wildman–Crippen LogP) is 1.48. The van der Waals surface area contributed by atoms with Gasteiger partial charge in [-0.3, -0.25) is 9.80 Å². The van der Waals surface area contributed by atoms with Gasteiger partial charge in [-0.25, -0.2) is 0 Å². The van der Waals surface area contributed by atoms with Gasteiger partial charge in [0.2, 0.25) is 0 Å². The Balaban J connectivity index is 0.980. The van der Waals surface area contributed by atoms with E-state index in [0.29, 0.717) is 24.4 Å². The lowest BCUT2D eigenvalue weighted by atomic mass is 9.48. The number of ether oxygens (including phenoxy) is 4. The van der Waals surface area contributed by atoms with Gasteiger partial charge in [-0.05, 0) is 61.2 Å². The molecule has 6 heteroatoms. The van der Waals surface area contributed by atoms with Crippen molar-refractivity contribution in [2.24, 2.45) is 35.5 Å². The van der Waals surface area contributed by atoms with Gasteiger partial charge in [-0.1, -0.05) is 0 Å². The fourth-order valence-electron chi connectivity index (χ4n) is 7.59. The van der Waals surface area contributed by atoms with Gasteiger partial charge in [0, 0.05) is 39.3 Å². The molecule has 8 rings (SSSR count). The summed E-state index contributed by atoms with van der Waals surface area (Å²) in [7, 11) is 0. The van der Waals surface area contributed by atoms with Crippen LogP contribution in [-0.2, 0) is 18.9 Å². The Morgan fingerprint density at radius 3 is 0.933 bits per heavy atom. The minimum atomic E-state index is 0.502. The van der Waals surface area contributed by atoms with Crippen molar-refractivity contribution in [2.75, 3.05) is 65.7 Å². The fourth-order valence-corrected chi connectivity index (χ4v) is 7.59. The Morgan fingerprint density at radius 1 is 0.433 bits per heavy atom. The molecule has 0 amide bonds. The molecule has 0 aromatic carbocycles. The highest BCUT2D eigenvalue weighted by molar-refractivity contribution is 5.04. The van der Waals surface area contributed by atoms with Crippen molar-refractivity contribution in [3.05, 3.63) is 0 Å². The van der Waals surface area contributed by atoms with Crippen molar-refractivity contribution in [3.8, 4) is 0 Å². The molecular weight excluding hydrogens is 380 g/mol. The summed E-state index contributed by atoms with van der Waals surface area (Å²) in [6.45, 7) is 11.0. The van der Waals surface area contributed by atoms with Gasteiger partial charge in [0.1, 0.15) is 0 Å². The molecule has 6 nitrogen and oxygen atoms in total. The van der Waals surface area contributed by atoms with E-state index in [0.717, 1.165) is 88.1 Å². The van der Waals surface area contributed by atoms with Gasteiger partial charge >= 0.3 is 0 Å². The van der Waals surface area contributed by atoms with Crippen LogP contribution in [0, 0.1) is 35.5 Å². The van der Waals surface area contributed by atoms with Crippen molar-refractivity contribution in [2.45, 2.75) is 50.1 Å². The Kier molecular flexibility index (Phi) is 4.92. The summed E-state index contributed by atoms with van der Waals surface area (Å²) in [4.78, 5) is 5.40. The van der Waals surface area contributed by atoms with Crippen molar-refractivity contribution in [3.63, 3.8) is 0 Å². The summed E-state index contributed by atoms with van der Waals surface area (Å²) in [6, 6.07) is 0. The molecule has 4 bridgehead atoms. The molecule has 8 fully saturated rings. The van der Waals surface area contributed by atoms with Crippen molar-refractivity contribution in [1.29, 1.82) is 0 Å². The van der Waals surface area contributed by atoms with Gasteiger partial charge in [0.05, 0.1) is 50.8 Å². The van der Waals surface area contributed by atoms with Gasteiger partial charge < -0.3 is 18.9 Å². The molecule has 0 spiro atoms. The zero-order valence-corrected chi connectivity index (χ0v) is 18.2. The van der Waals surface area contributed by atoms with Crippen LogP contribution in [0.25, 0.3) is 0 Å². The molecule has 4 aliphatic carbocycles. The summed E-state index contributed by atoms with van der Waals surface area (Å²) in [5.41, 5.74) is 0. The molecule has 4 atom stereocenters. The Bertz CT molecular complexity index is 523. The Hall–Kier alpha value is -0.240. The summed E-state index contributed by atoms with van der Waals surface area (Å²) in [6.07, 6.45) is 7.97. The van der Waals surface area contributed by atoms with Crippen LogP contribution in [-0.4, -0.2) is 99.9 Å². The second-order valence-corrected chi connectivity index (χ2v) is 11.6. The van der Waals surface area contributed by atoms with Crippen LogP contribution in [0.4, 0.5) is 0 Å². The minimum Gasteiger partial charge on any atom is -0.372 e. The molecular formula is C24H38N2O4. The average molecular weight is 419 g/mol. The highest BCUT2D eigenvalue weighted by Crippen LogP contribution is 2.59. The highest BCUT2D eigenvalue weighted by Gasteiger charge is 2.53. The number of epoxide rings is 4. The molecule has 0 radical (unpaired) electrons. The van der Waals surface area contributed by atoms with E-state index >= 15 is 0 Å². The van der Waals surface area contributed by atoms with Gasteiger partial charge in [0.15, 0.2) is 0 Å². The first-order chi connectivity index (χ1) is 14.8. The normalized spacial score (nSPS) is 49.8. The zero-order chi connectivity index (χ0) is 19.7. The second-order valence-electron chi connectivity index (χ2n) is 11.6. The van der Waals surface area contributed by atoms with Crippen LogP contribution < -0.4 is 0 Å². The number of hydrogen-bond acceptors (Lipinski definition) is 6. The van der Waals surface area contributed by atoms with Crippen LogP contribution in [0.15, 0.2) is 0 Å². The van der Waals surface area contributed by atoms with E-state index in [4.69, 9.17) is 18.9 Å². The summed E-state index contributed by atoms with van der Waals surface area (Å²) >= 11 is 0. The van der Waals surface area contributed by atoms with Crippen LogP contribution in [0.3, 0.4) is 0 Å². The summed E-state index contributed by atoms with van der Waals surface area (Å²) in [5.74, 6) is 5.73. The first kappa shape index (κ1) is 19.2. The van der Waals surface area contributed by atoms with Gasteiger partial charge in [0.25, 0.3) is 0 Å². The molecule has 8 aliphatic rings. The third-order valence-corrected chi connectivity index (χ3v) is 9.24. The number of hydrogen-bond donors (Lipinski definition) is 0.